The number of nitro groups is 1. The number of nitrogens with zero attached hydrogens (tertiary/aromatic N) is 7. The van der Waals surface area contributed by atoms with Gasteiger partial charge in [-0.3, -0.25) is 19.6 Å². The zero-order chi connectivity index (χ0) is 54.5. The highest BCUT2D eigenvalue weighted by Gasteiger charge is 2.28. The van der Waals surface area contributed by atoms with Crippen LogP contribution in [0.5, 0.6) is 0 Å². The van der Waals surface area contributed by atoms with Gasteiger partial charge < -0.3 is 49.9 Å². The number of rotatable bonds is 25. The zero-order valence-electron chi connectivity index (χ0n) is 44.1. The average Bonchev–Trinajstić information content (AvgIpc) is 3.85. The molecule has 2 aliphatic rings. The highest BCUT2D eigenvalue weighted by Crippen LogP contribution is 2.40. The number of hydrogen-bond acceptors (Lipinski definition) is 14. The smallest absolute Gasteiger partial charge is 0.293 e. The van der Waals surface area contributed by atoms with Gasteiger partial charge in [-0.1, -0.05) is 54.1 Å². The number of carbonyl (C=O) groups is 1. The SMILES string of the molecule is CN(C)CC[C@H](CSc1ccccc1)Nc1ccc(S(=O)(=O)Nc2ccc(N3CCN(c4cccc(-c5c(-c6ccc(Cl)cc6)cn(CC[C@H](O)CO)c5C(=O)NCCCN5CCN(C)CC5)c4)CC3)cc2)cc1[N+](=O)[O-]. The van der Waals surface area contributed by atoms with E-state index in [-0.39, 0.29) is 41.2 Å². The van der Waals surface area contributed by atoms with E-state index in [4.69, 9.17) is 11.6 Å². The number of aryl methyl sites for hydroxylation is 1. The lowest BCUT2D eigenvalue weighted by atomic mass is 9.95. The van der Waals surface area contributed by atoms with Crippen LogP contribution < -0.4 is 25.2 Å². The lowest BCUT2D eigenvalue weighted by Gasteiger charge is -2.37. The molecule has 77 heavy (non-hydrogen) atoms. The first-order valence-electron chi connectivity index (χ1n) is 26.2. The normalized spacial score (nSPS) is 15.4. The molecule has 2 atom stereocenters. The van der Waals surface area contributed by atoms with Gasteiger partial charge in [0.1, 0.15) is 11.4 Å². The van der Waals surface area contributed by atoms with Crippen LogP contribution in [0.1, 0.15) is 29.8 Å². The second-order valence-electron chi connectivity index (χ2n) is 20.0. The summed E-state index contributed by atoms with van der Waals surface area (Å²) in [6.07, 6.45) is 2.80. The summed E-state index contributed by atoms with van der Waals surface area (Å²) in [7, 11) is 1.89. The molecule has 2 fully saturated rings. The van der Waals surface area contributed by atoms with E-state index >= 15 is 0 Å². The second-order valence-corrected chi connectivity index (χ2v) is 23.2. The zero-order valence-corrected chi connectivity index (χ0v) is 46.4. The van der Waals surface area contributed by atoms with E-state index in [1.165, 1.54) is 12.1 Å². The van der Waals surface area contributed by atoms with Gasteiger partial charge in [0.15, 0.2) is 0 Å². The number of carbonyl (C=O) groups excluding carboxylic acids is 1. The van der Waals surface area contributed by atoms with Crippen molar-refractivity contribution < 1.29 is 28.3 Å². The molecule has 20 heteroatoms. The lowest BCUT2D eigenvalue weighted by Crippen LogP contribution is -2.46. The summed E-state index contributed by atoms with van der Waals surface area (Å²) >= 11 is 8.01. The molecule has 6 aromatic rings. The summed E-state index contributed by atoms with van der Waals surface area (Å²) in [5, 5.41) is 39.7. The fourth-order valence-corrected chi connectivity index (χ4v) is 11.9. The number of aromatic nitrogens is 1. The topological polar surface area (TPSA) is 192 Å². The molecule has 0 spiro atoms. The van der Waals surface area contributed by atoms with E-state index in [0.29, 0.717) is 61.4 Å². The first-order chi connectivity index (χ1) is 37.1. The summed E-state index contributed by atoms with van der Waals surface area (Å²) < 4.78 is 32.0. The Morgan fingerprint density at radius 3 is 2.19 bits per heavy atom. The number of thioether (sulfide) groups is 1. The Bertz CT molecular complexity index is 3010. The average molecular weight is 1110 g/mol. The number of hydrogen-bond donors (Lipinski definition) is 5. The van der Waals surface area contributed by atoms with E-state index in [1.54, 1.807) is 23.9 Å². The fraction of sp³-hybridized carbons (Fsp3) is 0.386. The fourth-order valence-electron chi connectivity index (χ4n) is 9.69. The van der Waals surface area contributed by atoms with Gasteiger partial charge in [0.05, 0.1) is 22.5 Å². The van der Waals surface area contributed by atoms with Crippen LogP contribution in [0.15, 0.2) is 137 Å². The van der Waals surface area contributed by atoms with Crippen LogP contribution in [-0.2, 0) is 16.6 Å². The Kier molecular flexibility index (Phi) is 20.0. The molecule has 0 bridgehead atoms. The minimum Gasteiger partial charge on any atom is -0.394 e. The molecule has 8 rings (SSSR count). The third-order valence-electron chi connectivity index (χ3n) is 14.1. The van der Waals surface area contributed by atoms with Crippen LogP contribution in [0.25, 0.3) is 22.3 Å². The minimum absolute atomic E-state index is 0.123. The van der Waals surface area contributed by atoms with Crippen LogP contribution in [0.2, 0.25) is 5.02 Å². The number of amides is 1. The van der Waals surface area contributed by atoms with Gasteiger partial charge in [-0.2, -0.15) is 0 Å². The highest BCUT2D eigenvalue weighted by molar-refractivity contribution is 7.99. The first kappa shape index (κ1) is 57.0. The Morgan fingerprint density at radius 2 is 1.52 bits per heavy atom. The molecule has 0 radical (unpaired) electrons. The molecule has 2 aliphatic heterocycles. The predicted molar refractivity (Wildman–Crippen MR) is 311 cm³/mol. The van der Waals surface area contributed by atoms with Crippen molar-refractivity contribution in [1.82, 2.24) is 24.6 Å². The molecule has 5 N–H and O–H groups in total. The number of anilines is 4. The van der Waals surface area contributed by atoms with E-state index in [0.717, 1.165) is 96.7 Å². The van der Waals surface area contributed by atoms with Gasteiger partial charge in [0.25, 0.3) is 21.6 Å². The number of nitro benzene ring substituents is 1. The molecule has 2 saturated heterocycles. The van der Waals surface area contributed by atoms with Crippen LogP contribution in [0.4, 0.5) is 28.4 Å². The number of aliphatic hydroxyl groups excluding tert-OH is 2. The Balaban J connectivity index is 0.943. The first-order valence-corrected chi connectivity index (χ1v) is 29.1. The molecular formula is C57H71ClN10O7S2. The highest BCUT2D eigenvalue weighted by atomic mass is 35.5. The van der Waals surface area contributed by atoms with Crippen LogP contribution in [0.3, 0.4) is 0 Å². The Hall–Kier alpha value is -6.16. The standard InChI is InChI=1S/C57H71ClN10O7S2/c1-62(2)27-23-46(41-76-50-11-5-4-6-12-50)60-53-22-21-51(38-54(53)68(72)73)77(74,75)61-45-17-19-47(20-18-45)65-33-35-66(36-34-65)48-10-7-9-43(37-48)55-52(42-13-15-44(58)16-14-42)39-67(28-24-49(70)40-69)56(55)57(71)59-25-8-26-64-31-29-63(3)30-32-64/h4-7,9-22,37-39,46,49,60-61,69-70H,8,23-36,40-41H2,1-3H3,(H,59,71)/t46-,49+/m1/s1. The van der Waals surface area contributed by atoms with Crippen molar-refractivity contribution in [3.05, 3.63) is 148 Å². The number of piperazine rings is 2. The van der Waals surface area contributed by atoms with Crippen molar-refractivity contribution in [2.24, 2.45) is 0 Å². The van der Waals surface area contributed by atoms with Gasteiger partial charge in [-0.25, -0.2) is 8.42 Å². The molecule has 1 aromatic heterocycles. The molecule has 1 amide bonds. The van der Waals surface area contributed by atoms with Crippen molar-refractivity contribution in [3.8, 4) is 22.3 Å². The van der Waals surface area contributed by atoms with Crippen molar-refractivity contribution in [3.63, 3.8) is 0 Å². The van der Waals surface area contributed by atoms with Gasteiger partial charge in [0.2, 0.25) is 0 Å². The van der Waals surface area contributed by atoms with Crippen molar-refractivity contribution in [1.29, 1.82) is 0 Å². The molecule has 0 saturated carbocycles. The van der Waals surface area contributed by atoms with Gasteiger partial charge in [-0.05, 0) is 137 Å². The summed E-state index contributed by atoms with van der Waals surface area (Å²) in [4.78, 5) is 38.5. The molecule has 410 valence electrons. The monoisotopic (exact) mass is 1110 g/mol. The molecular weight excluding hydrogens is 1040 g/mol. The van der Waals surface area contributed by atoms with Gasteiger partial charge >= 0.3 is 0 Å². The van der Waals surface area contributed by atoms with Gasteiger partial charge in [0, 0.05) is 128 Å². The third kappa shape index (κ3) is 15.5. The van der Waals surface area contributed by atoms with E-state index in [2.05, 4.69) is 59.0 Å². The van der Waals surface area contributed by atoms with Crippen molar-refractivity contribution in [2.45, 2.75) is 47.7 Å². The molecule has 3 heterocycles. The largest absolute Gasteiger partial charge is 0.394 e. The van der Waals surface area contributed by atoms with Crippen LogP contribution >= 0.6 is 23.4 Å². The predicted octanol–water partition coefficient (Wildman–Crippen LogP) is 8.15. The Labute approximate surface area is 462 Å². The second kappa shape index (κ2) is 26.9. The maximum Gasteiger partial charge on any atom is 0.293 e. The lowest BCUT2D eigenvalue weighted by molar-refractivity contribution is -0.384. The van der Waals surface area contributed by atoms with Crippen LogP contribution in [-0.4, -0.2) is 166 Å². The summed E-state index contributed by atoms with van der Waals surface area (Å²) in [6, 6.07) is 36.7. The molecule has 0 aliphatic carbocycles. The van der Waals surface area contributed by atoms with Crippen molar-refractivity contribution in [2.75, 3.05) is 125 Å². The van der Waals surface area contributed by atoms with Crippen molar-refractivity contribution >= 4 is 67.7 Å². The summed E-state index contributed by atoms with van der Waals surface area (Å²) in [5.41, 5.74) is 6.00. The number of aliphatic hydroxyl groups is 2. The Morgan fingerprint density at radius 1 is 0.818 bits per heavy atom. The summed E-state index contributed by atoms with van der Waals surface area (Å²) in [5.74, 6) is 0.442. The van der Waals surface area contributed by atoms with Crippen LogP contribution in [0, 0.1) is 10.1 Å². The van der Waals surface area contributed by atoms with E-state index in [1.807, 2.05) is 104 Å². The third-order valence-corrected chi connectivity index (χ3v) is 16.9. The maximum absolute atomic E-state index is 14.5. The molecule has 5 aromatic carbocycles. The summed E-state index contributed by atoms with van der Waals surface area (Å²) in [6.45, 7) is 8.88. The number of sulfonamides is 1. The van der Waals surface area contributed by atoms with E-state index in [9.17, 15) is 33.5 Å². The van der Waals surface area contributed by atoms with Gasteiger partial charge in [-0.15, -0.1) is 11.8 Å². The number of nitrogens with one attached hydrogen (secondary N) is 3. The maximum atomic E-state index is 14.5. The minimum atomic E-state index is -4.19. The quantitative estimate of drug-likeness (QED) is 0.0160. The number of likely N-dealkylation sites (N-methyl/N-ethyl adjacent to an activating group) is 1. The van der Waals surface area contributed by atoms with E-state index < -0.39 is 21.1 Å². The molecule has 0 unspecified atom stereocenters. The number of halogens is 1. The molecule has 17 nitrogen and oxygen atoms in total. The number of benzene rings is 5.